The van der Waals surface area contributed by atoms with Crippen molar-refractivity contribution in [1.82, 2.24) is 20.6 Å². The number of aromatic nitrogens is 4. The largest absolute Gasteiger partial charge is 0.243 e. The zero-order valence-corrected chi connectivity index (χ0v) is 35.6. The molecule has 0 amide bonds. The number of rotatable bonds is 20. The van der Waals surface area contributed by atoms with Crippen LogP contribution in [0.25, 0.3) is 44.3 Å². The second kappa shape index (κ2) is 16.8. The third-order valence-electron chi connectivity index (χ3n) is 12.7. The molecule has 3 aromatic carbocycles. The van der Waals surface area contributed by atoms with Gasteiger partial charge in [-0.25, -0.2) is 18.0 Å². The van der Waals surface area contributed by atoms with Gasteiger partial charge >= 0.3 is 0 Å². The van der Waals surface area contributed by atoms with Gasteiger partial charge in [-0.05, 0) is 101 Å². The molecule has 0 unspecified atom stereocenters. The molecule has 0 N–H and O–H groups in total. The first-order valence-electron chi connectivity index (χ1n) is 20.8. The molecular formula is C44H54Br2F2N4O2. The Morgan fingerprint density at radius 1 is 0.463 bits per heavy atom. The number of nitrogens with zero attached hydrogens (tertiary/aromatic N) is 4. The third-order valence-corrected chi connectivity index (χ3v) is 13.9. The van der Waals surface area contributed by atoms with Crippen LogP contribution in [0.15, 0.2) is 30.3 Å². The normalized spacial score (nSPS) is 15.0. The smallest absolute Gasteiger partial charge is 0.150 e. The monoisotopic (exact) mass is 866 g/mol. The Kier molecular flexibility index (Phi) is 12.3. The van der Waals surface area contributed by atoms with E-state index in [9.17, 15) is 0 Å². The summed E-state index contributed by atoms with van der Waals surface area (Å²) >= 11 is 7.55. The van der Waals surface area contributed by atoms with Crippen molar-refractivity contribution >= 4 is 53.9 Å². The fraction of sp³-hybridized carbons (Fsp3) is 0.591. The molecule has 0 spiro atoms. The molecule has 54 heavy (non-hydrogen) atoms. The molecule has 5 aromatic rings. The van der Waals surface area contributed by atoms with E-state index in [1.807, 2.05) is 0 Å². The Labute approximate surface area is 335 Å². The van der Waals surface area contributed by atoms with Crippen LogP contribution in [0.5, 0.6) is 0 Å². The molecule has 0 atom stereocenters. The van der Waals surface area contributed by atoms with Gasteiger partial charge in [-0.3, -0.25) is 0 Å². The highest BCUT2D eigenvalue weighted by molar-refractivity contribution is 9.11. The summed E-state index contributed by atoms with van der Waals surface area (Å²) in [7, 11) is 0. The van der Waals surface area contributed by atoms with Gasteiger partial charge in [0.05, 0.1) is 0 Å². The Balaban J connectivity index is 1.58. The Bertz CT molecular complexity index is 1950. The van der Waals surface area contributed by atoms with Crippen molar-refractivity contribution in [3.63, 3.8) is 0 Å². The first kappa shape index (κ1) is 39.5. The second-order valence-corrected chi connectivity index (χ2v) is 17.7. The maximum Gasteiger partial charge on any atom is 0.150 e. The summed E-state index contributed by atoms with van der Waals surface area (Å²) in [6.45, 7) is 8.82. The SMILES string of the molecule is CCCCCCC1(CCCCCC)c2cc(Br)c3nonc3c2-c2c(F)c3c(c(F)c21)-c1c(cc(Br)c2nonc12)C3(CCCCCC)CCCCCC. The van der Waals surface area contributed by atoms with Gasteiger partial charge in [0.15, 0.2) is 0 Å². The van der Waals surface area contributed by atoms with E-state index >= 15 is 8.78 Å². The minimum Gasteiger partial charge on any atom is -0.243 e. The summed E-state index contributed by atoms with van der Waals surface area (Å²) in [6, 6.07) is 4.14. The molecule has 7 rings (SSSR count). The topological polar surface area (TPSA) is 77.8 Å². The fourth-order valence-corrected chi connectivity index (χ4v) is 11.1. The summed E-state index contributed by atoms with van der Waals surface area (Å²) in [5.41, 5.74) is 5.32. The van der Waals surface area contributed by atoms with E-state index in [1.165, 1.54) is 0 Å². The van der Waals surface area contributed by atoms with Crippen molar-refractivity contribution in [1.29, 1.82) is 0 Å². The lowest BCUT2D eigenvalue weighted by Gasteiger charge is -2.35. The highest BCUT2D eigenvalue weighted by Crippen LogP contribution is 2.65. The van der Waals surface area contributed by atoms with Crippen LogP contribution in [0.1, 0.15) is 178 Å². The molecule has 0 saturated heterocycles. The van der Waals surface area contributed by atoms with Gasteiger partial charge in [0.2, 0.25) is 0 Å². The van der Waals surface area contributed by atoms with Gasteiger partial charge in [0.1, 0.15) is 33.7 Å². The van der Waals surface area contributed by atoms with Crippen LogP contribution in [-0.2, 0) is 10.8 Å². The van der Waals surface area contributed by atoms with Gasteiger partial charge < -0.3 is 0 Å². The molecule has 0 fully saturated rings. The standard InChI is InChI=1S/C44H54Br2F2N4O2/c1-5-9-13-17-21-43(22-18-14-10-6-2)27-25-29(45)39-41(51-53-49-39)31(27)33-35(43)37(47)34-32-28(26-30(46)40-42(32)52-54-50-40)44(36(34)38(33)48,23-19-15-11-7-3)24-20-16-12-8-4/h25-26H,5-24H2,1-4H3. The van der Waals surface area contributed by atoms with E-state index in [-0.39, 0.29) is 11.6 Å². The van der Waals surface area contributed by atoms with Crippen molar-refractivity contribution in [3.8, 4) is 22.3 Å². The number of unbranched alkanes of at least 4 members (excludes halogenated alkanes) is 12. The molecule has 0 saturated carbocycles. The minimum atomic E-state index is -0.758. The maximum absolute atomic E-state index is 18.8. The molecule has 290 valence electrons. The Morgan fingerprint density at radius 2 is 0.778 bits per heavy atom. The first-order chi connectivity index (χ1) is 26.3. The number of benzene rings is 3. The van der Waals surface area contributed by atoms with E-state index in [0.717, 1.165) is 123 Å². The van der Waals surface area contributed by atoms with E-state index in [1.54, 1.807) is 0 Å². The van der Waals surface area contributed by atoms with Crippen molar-refractivity contribution in [3.05, 3.63) is 55.0 Å². The lowest BCUT2D eigenvalue weighted by atomic mass is 9.68. The lowest BCUT2D eigenvalue weighted by Crippen LogP contribution is -2.29. The van der Waals surface area contributed by atoms with Crippen molar-refractivity contribution in [2.24, 2.45) is 0 Å². The fourth-order valence-electron chi connectivity index (χ4n) is 10.1. The molecule has 2 heterocycles. The predicted molar refractivity (Wildman–Crippen MR) is 220 cm³/mol. The molecular weight excluding hydrogens is 814 g/mol. The van der Waals surface area contributed by atoms with Crippen LogP contribution in [-0.4, -0.2) is 20.6 Å². The molecule has 0 bridgehead atoms. The van der Waals surface area contributed by atoms with Gasteiger partial charge in [0, 0.05) is 53.2 Å². The number of halogens is 4. The summed E-state index contributed by atoms with van der Waals surface area (Å²) in [5.74, 6) is -0.664. The molecule has 2 aliphatic rings. The molecule has 2 aliphatic carbocycles. The highest BCUT2D eigenvalue weighted by Gasteiger charge is 2.54. The molecule has 2 aromatic heterocycles. The van der Waals surface area contributed by atoms with E-state index in [2.05, 4.69) is 92.3 Å². The van der Waals surface area contributed by atoms with Gasteiger partial charge in [-0.15, -0.1) is 0 Å². The lowest BCUT2D eigenvalue weighted by molar-refractivity contribution is 0.315. The van der Waals surface area contributed by atoms with E-state index < -0.39 is 10.8 Å². The van der Waals surface area contributed by atoms with Crippen LogP contribution in [0, 0.1) is 11.6 Å². The summed E-state index contributed by atoms with van der Waals surface area (Å²) in [6.07, 6.45) is 19.4. The minimum absolute atomic E-state index is 0.332. The van der Waals surface area contributed by atoms with Gasteiger partial charge in [-0.2, -0.15) is 0 Å². The summed E-state index contributed by atoms with van der Waals surface area (Å²) in [4.78, 5) is 0. The number of hydrogen-bond acceptors (Lipinski definition) is 6. The van der Waals surface area contributed by atoms with Crippen molar-refractivity contribution in [2.75, 3.05) is 0 Å². The second-order valence-electron chi connectivity index (χ2n) is 16.0. The van der Waals surface area contributed by atoms with Crippen molar-refractivity contribution in [2.45, 2.75) is 167 Å². The molecule has 0 radical (unpaired) electrons. The Morgan fingerprint density at radius 3 is 1.09 bits per heavy atom. The van der Waals surface area contributed by atoms with E-state index in [4.69, 9.17) is 9.26 Å². The summed E-state index contributed by atoms with van der Waals surface area (Å²) < 4.78 is 49.8. The van der Waals surface area contributed by atoms with Crippen LogP contribution >= 0.6 is 31.9 Å². The highest BCUT2D eigenvalue weighted by atomic mass is 79.9. The molecule has 0 aliphatic heterocycles. The third kappa shape index (κ3) is 6.47. The van der Waals surface area contributed by atoms with Crippen LogP contribution < -0.4 is 0 Å². The van der Waals surface area contributed by atoms with E-state index in [0.29, 0.717) is 81.1 Å². The van der Waals surface area contributed by atoms with Crippen LogP contribution in [0.3, 0.4) is 0 Å². The maximum atomic E-state index is 18.8. The molecule has 10 heteroatoms. The van der Waals surface area contributed by atoms with Crippen LogP contribution in [0.4, 0.5) is 8.78 Å². The quantitative estimate of drug-likeness (QED) is 0.0725. The van der Waals surface area contributed by atoms with Gasteiger partial charge in [0.25, 0.3) is 0 Å². The van der Waals surface area contributed by atoms with Crippen LogP contribution in [0.2, 0.25) is 0 Å². The zero-order valence-electron chi connectivity index (χ0n) is 32.4. The summed E-state index contributed by atoms with van der Waals surface area (Å²) in [5, 5.41) is 17.3. The molecule has 6 nitrogen and oxygen atoms in total. The van der Waals surface area contributed by atoms with Gasteiger partial charge in [-0.1, -0.05) is 130 Å². The number of hydrogen-bond donors (Lipinski definition) is 0. The first-order valence-corrected chi connectivity index (χ1v) is 22.4. The average molecular weight is 869 g/mol. The zero-order chi connectivity index (χ0) is 38.0. The average Bonchev–Trinajstić information content (AvgIpc) is 3.96. The van der Waals surface area contributed by atoms with Crippen molar-refractivity contribution < 1.29 is 18.0 Å². The number of fused-ring (bicyclic) bond motifs is 10. The Hall–Kier alpha value is -2.72. The predicted octanol–water partition coefficient (Wildman–Crippen LogP) is 15.0.